The number of rotatable bonds is 23. The van der Waals surface area contributed by atoms with Crippen LogP contribution in [0.15, 0.2) is 88.8 Å². The molecular weight excluding hydrogens is 1080 g/mol. The molecule has 8 heterocycles. The zero-order valence-electron chi connectivity index (χ0n) is 47.1. The maximum Gasteiger partial charge on any atom is 0.338 e. The van der Waals surface area contributed by atoms with Gasteiger partial charge in [0.05, 0.1) is 53.2 Å². The molecule has 0 spiro atoms. The van der Waals surface area contributed by atoms with Gasteiger partial charge in [0, 0.05) is 44.6 Å². The molecule has 13 nitrogen and oxygen atoms in total. The third-order valence-corrected chi connectivity index (χ3v) is 25.6. The Bertz CT molecular complexity index is 2510. The van der Waals surface area contributed by atoms with Crippen molar-refractivity contribution in [3.8, 4) is 0 Å². The number of ether oxygens (including phenoxy) is 8. The highest BCUT2D eigenvalue weighted by molar-refractivity contribution is 9.11. The minimum Gasteiger partial charge on any atom is -0.458 e. The SMILES string of the molecule is C=C(Br)C[C@@H](CC[C@@]12C[C@H]3O[C@H]4C(O1)[C@H]1O[C@@H](CC(=O)C([C@H]5C(C[C@H]6O[C@@H](CCCC)C[C@@H](C)C6=C)O[C@H](C[C@H](C)CO[Si](C)(C)C(C)(C)C)[C@@H]5C)S(=O)(=O)c5ccccc5)CC[C@@H]1O[C@H]4[C@H]3O2)OC(=O)c1ccccc1. The molecule has 19 atom stereocenters. The predicted molar refractivity (Wildman–Crippen MR) is 301 cm³/mol. The molecule has 0 aliphatic carbocycles. The summed E-state index contributed by atoms with van der Waals surface area (Å²) in [7, 11) is -6.34. The number of Topliss-reactive ketones (excluding diaryl/α,β-unsaturated/α-hetero) is 1. The van der Waals surface area contributed by atoms with E-state index in [0.717, 1.165) is 31.3 Å². The highest BCUT2D eigenvalue weighted by Gasteiger charge is 2.69. The summed E-state index contributed by atoms with van der Waals surface area (Å²) in [5.41, 5.74) is 1.45. The number of unbranched alkanes of at least 4 members (excludes halogenated alkanes) is 1. The number of halogens is 1. The number of benzene rings is 2. The summed E-state index contributed by atoms with van der Waals surface area (Å²) in [6.45, 7) is 29.0. The fourth-order valence-electron chi connectivity index (χ4n) is 13.2. The Hall–Kier alpha value is -2.61. The molecular formula is C61H87BrO13SSi. The van der Waals surface area contributed by atoms with Gasteiger partial charge in [0.15, 0.2) is 29.7 Å². The topological polar surface area (TPSA) is 151 Å². The van der Waals surface area contributed by atoms with Crippen LogP contribution in [0, 0.1) is 23.7 Å². The zero-order valence-corrected chi connectivity index (χ0v) is 50.5. The lowest BCUT2D eigenvalue weighted by atomic mass is 9.78. The van der Waals surface area contributed by atoms with Crippen molar-refractivity contribution in [3.05, 3.63) is 89.4 Å². The van der Waals surface area contributed by atoms with Crippen molar-refractivity contribution in [1.82, 2.24) is 0 Å². The van der Waals surface area contributed by atoms with Crippen LogP contribution in [0.2, 0.25) is 18.1 Å². The van der Waals surface area contributed by atoms with E-state index in [0.29, 0.717) is 68.0 Å². The Kier molecular flexibility index (Phi) is 18.5. The first-order valence-corrected chi connectivity index (χ1v) is 34.1. The van der Waals surface area contributed by atoms with Crippen molar-refractivity contribution in [2.45, 2.75) is 245 Å². The second kappa shape index (κ2) is 24.1. The van der Waals surface area contributed by atoms with Crippen molar-refractivity contribution in [3.63, 3.8) is 0 Å². The van der Waals surface area contributed by atoms with Gasteiger partial charge in [-0.25, -0.2) is 13.2 Å². The Morgan fingerprint density at radius 1 is 0.870 bits per heavy atom. The van der Waals surface area contributed by atoms with Crippen molar-refractivity contribution in [1.29, 1.82) is 0 Å². The van der Waals surface area contributed by atoms with Gasteiger partial charge in [-0.15, -0.1) is 0 Å². The third-order valence-electron chi connectivity index (χ3n) is 18.6. The summed E-state index contributed by atoms with van der Waals surface area (Å²) in [5, 5.41) is -1.38. The van der Waals surface area contributed by atoms with Gasteiger partial charge in [-0.2, -0.15) is 0 Å². The molecule has 2 aromatic rings. The van der Waals surface area contributed by atoms with Crippen molar-refractivity contribution >= 4 is 45.8 Å². The van der Waals surface area contributed by atoms with Gasteiger partial charge in [-0.1, -0.05) is 127 Å². The molecule has 3 unspecified atom stereocenters. The van der Waals surface area contributed by atoms with E-state index in [2.05, 4.69) is 90.6 Å². The third kappa shape index (κ3) is 12.9. The van der Waals surface area contributed by atoms with E-state index in [4.69, 9.17) is 42.3 Å². The summed E-state index contributed by atoms with van der Waals surface area (Å²) < 4.78 is 93.0. The highest BCUT2D eigenvalue weighted by atomic mass is 79.9. The van der Waals surface area contributed by atoms with E-state index < -0.39 is 83.5 Å². The van der Waals surface area contributed by atoms with Gasteiger partial charge in [0.25, 0.3) is 0 Å². The summed E-state index contributed by atoms with van der Waals surface area (Å²) in [6, 6.07) is 17.3. The van der Waals surface area contributed by atoms with Crippen molar-refractivity contribution < 1.29 is 60.3 Å². The fourth-order valence-corrected chi connectivity index (χ4v) is 16.8. The lowest BCUT2D eigenvalue weighted by molar-refractivity contribution is -0.292. The highest BCUT2D eigenvalue weighted by Crippen LogP contribution is 2.55. The van der Waals surface area contributed by atoms with Gasteiger partial charge in [0.1, 0.15) is 41.9 Å². The maximum atomic E-state index is 15.7. The quantitative estimate of drug-likeness (QED) is 0.0590. The molecule has 8 fully saturated rings. The van der Waals surface area contributed by atoms with Crippen LogP contribution in [0.5, 0.6) is 0 Å². The maximum absolute atomic E-state index is 15.7. The van der Waals surface area contributed by atoms with E-state index >= 15 is 13.2 Å². The van der Waals surface area contributed by atoms with Crippen LogP contribution in [-0.4, -0.2) is 125 Å². The van der Waals surface area contributed by atoms with E-state index in [1.165, 1.54) is 0 Å². The van der Waals surface area contributed by atoms with Crippen LogP contribution in [-0.2, 0) is 57.0 Å². The van der Waals surface area contributed by atoms with E-state index in [9.17, 15) is 4.79 Å². The molecule has 2 aromatic carbocycles. The number of hydrogen-bond donors (Lipinski definition) is 0. The van der Waals surface area contributed by atoms with Gasteiger partial charge in [-0.05, 0) is 109 Å². The minimum atomic E-state index is -4.28. The largest absolute Gasteiger partial charge is 0.458 e. The number of fused-ring (bicyclic) bond motifs is 1. The first-order valence-electron chi connectivity index (χ1n) is 28.8. The minimum absolute atomic E-state index is 0.0475. The average Bonchev–Trinajstić information content (AvgIpc) is 3.99. The van der Waals surface area contributed by atoms with Gasteiger partial charge >= 0.3 is 5.97 Å². The second-order valence-electron chi connectivity index (χ2n) is 25.4. The molecule has 0 radical (unpaired) electrons. The molecule has 0 saturated carbocycles. The molecule has 8 saturated heterocycles. The monoisotopic (exact) mass is 1170 g/mol. The summed E-state index contributed by atoms with van der Waals surface area (Å²) in [4.78, 5) is 29.0. The van der Waals surface area contributed by atoms with Crippen LogP contribution >= 0.6 is 15.9 Å². The Labute approximate surface area is 468 Å². The molecule has 8 aliphatic rings. The first kappa shape index (κ1) is 59.0. The lowest BCUT2D eigenvalue weighted by Crippen LogP contribution is -2.62. The number of hydrogen-bond acceptors (Lipinski definition) is 13. The number of esters is 1. The lowest BCUT2D eigenvalue weighted by Gasteiger charge is -2.47. The van der Waals surface area contributed by atoms with E-state index in [1.54, 1.807) is 54.6 Å². The summed E-state index contributed by atoms with van der Waals surface area (Å²) in [5.74, 6) is -2.54. The first-order chi connectivity index (χ1) is 36.5. The number of carbonyl (C=O) groups is 2. The molecule has 0 aromatic heterocycles. The smallest absolute Gasteiger partial charge is 0.338 e. The predicted octanol–water partition coefficient (Wildman–Crippen LogP) is 12.1. The molecule has 6 bridgehead atoms. The number of carbonyl (C=O) groups excluding carboxylic acids is 2. The van der Waals surface area contributed by atoms with Gasteiger partial charge in [-0.3, -0.25) is 4.79 Å². The van der Waals surface area contributed by atoms with Gasteiger partial charge < -0.3 is 42.3 Å². The molecule has 0 N–H and O–H groups in total. The standard InChI is InChI=1S/C61H87BrO13SSi/c1-12-13-22-42-30-37(3)39(5)49(68-42)33-50-52(40(6)48(71-50)29-36(2)35-67-77(10,11)60(7,8)9)58(76(65,66)45-23-18-15-19-24-45)46(63)32-43-25-26-47-53(69-43)57-56-55(72-47)54-51(73-56)34-61(74-54,75-57)28-27-44(31-38(4)62)70-59(64)41-20-16-14-17-21-41/h14-21,23-24,36-37,40,42-44,47-58H,4-5,12-13,22,25-35H2,1-3,6-11H3/t36-,37+,40-,42-,43+,44+,47-,48+,49+,50?,51+,52+,53-,54-,55-,56+,57?,58?,61-/m0/s1. The summed E-state index contributed by atoms with van der Waals surface area (Å²) in [6.07, 6.45) is 2.32. The molecule has 77 heavy (non-hydrogen) atoms. The van der Waals surface area contributed by atoms with Crippen molar-refractivity contribution in [2.24, 2.45) is 23.7 Å². The molecule has 10 rings (SSSR count). The van der Waals surface area contributed by atoms with Crippen LogP contribution in [0.25, 0.3) is 0 Å². The zero-order chi connectivity index (χ0) is 55.2. The summed E-state index contributed by atoms with van der Waals surface area (Å²) >= 11 is 3.49. The van der Waals surface area contributed by atoms with Gasteiger partial charge in [0.2, 0.25) is 0 Å². The van der Waals surface area contributed by atoms with Crippen LogP contribution in [0.3, 0.4) is 0 Å². The van der Waals surface area contributed by atoms with Crippen LogP contribution in [0.1, 0.15) is 142 Å². The second-order valence-corrected chi connectivity index (χ2v) is 33.4. The fraction of sp³-hybridized carbons (Fsp3) is 0.705. The van der Waals surface area contributed by atoms with Crippen LogP contribution < -0.4 is 0 Å². The van der Waals surface area contributed by atoms with Crippen molar-refractivity contribution in [2.75, 3.05) is 6.61 Å². The number of ketones is 1. The molecule has 426 valence electrons. The molecule has 8 aliphatic heterocycles. The molecule has 16 heteroatoms. The number of sulfone groups is 1. The normalized spacial score (nSPS) is 36.0. The molecule has 0 amide bonds. The average molecular weight is 1170 g/mol. The van der Waals surface area contributed by atoms with E-state index in [1.807, 2.05) is 6.07 Å². The Balaban J connectivity index is 0.968. The Morgan fingerprint density at radius 3 is 2.23 bits per heavy atom. The Morgan fingerprint density at radius 2 is 1.55 bits per heavy atom. The van der Waals surface area contributed by atoms with E-state index in [-0.39, 0.29) is 76.8 Å². The van der Waals surface area contributed by atoms with Crippen LogP contribution in [0.4, 0.5) is 0 Å².